The highest BCUT2D eigenvalue weighted by molar-refractivity contribution is 5.66. The maximum atomic E-state index is 11.1. The van der Waals surface area contributed by atoms with Gasteiger partial charge in [-0.1, -0.05) is 110 Å². The number of alkyl carbamates (subject to hydrolysis) is 1. The minimum absolute atomic E-state index is 0.279. The molecule has 0 heterocycles. The van der Waals surface area contributed by atoms with Crippen LogP contribution >= 0.6 is 0 Å². The lowest BCUT2D eigenvalue weighted by Crippen LogP contribution is -2.25. The fourth-order valence-electron chi connectivity index (χ4n) is 3.22. The van der Waals surface area contributed by atoms with Gasteiger partial charge in [0.1, 0.15) is 0 Å². The van der Waals surface area contributed by atoms with Crippen LogP contribution < -0.4 is 5.32 Å². The number of nitrogens with one attached hydrogen (secondary N) is 1. The van der Waals surface area contributed by atoms with Crippen LogP contribution in [-0.2, 0) is 4.74 Å². The molecule has 0 aliphatic rings. The summed E-state index contributed by atoms with van der Waals surface area (Å²) in [7, 11) is 0. The fourth-order valence-corrected chi connectivity index (χ4v) is 3.22. The number of rotatable bonds is 19. The van der Waals surface area contributed by atoms with E-state index in [0.717, 1.165) is 13.0 Å². The molecule has 3 heteroatoms. The van der Waals surface area contributed by atoms with Crippen molar-refractivity contribution in [1.29, 1.82) is 0 Å². The molecule has 0 bridgehead atoms. The van der Waals surface area contributed by atoms with Crippen LogP contribution in [0.25, 0.3) is 0 Å². The van der Waals surface area contributed by atoms with E-state index in [4.69, 9.17) is 4.74 Å². The van der Waals surface area contributed by atoms with Crippen LogP contribution in [0, 0.1) is 0 Å². The monoisotopic (exact) mass is 355 g/mol. The van der Waals surface area contributed by atoms with Gasteiger partial charge < -0.3 is 10.1 Å². The molecule has 0 unspecified atom stereocenters. The van der Waals surface area contributed by atoms with Crippen molar-refractivity contribution in [2.45, 2.75) is 123 Å². The number of unbranched alkanes of at least 4 members (excludes halogenated alkanes) is 16. The molecule has 0 saturated heterocycles. The van der Waals surface area contributed by atoms with E-state index in [1.807, 2.05) is 6.92 Å². The minimum Gasteiger partial charge on any atom is -0.450 e. The Morgan fingerprint density at radius 2 is 0.960 bits per heavy atom. The third-order valence-electron chi connectivity index (χ3n) is 4.83. The normalized spacial score (nSPS) is 10.8. The largest absolute Gasteiger partial charge is 0.450 e. The summed E-state index contributed by atoms with van der Waals surface area (Å²) >= 11 is 0. The topological polar surface area (TPSA) is 38.3 Å². The van der Waals surface area contributed by atoms with Crippen LogP contribution in [0.4, 0.5) is 4.79 Å². The number of carbonyl (C=O) groups excluding carboxylic acids is 1. The summed E-state index contributed by atoms with van der Waals surface area (Å²) in [5.74, 6) is 0. The molecule has 0 aliphatic carbocycles. The summed E-state index contributed by atoms with van der Waals surface area (Å²) in [5.41, 5.74) is 0. The van der Waals surface area contributed by atoms with Crippen LogP contribution in [0.5, 0.6) is 0 Å². The van der Waals surface area contributed by atoms with Crippen molar-refractivity contribution in [3.8, 4) is 0 Å². The SMILES string of the molecule is CCCCCCCCCCCCCCCCCCCNC(=O)OCC. The average Bonchev–Trinajstić information content (AvgIpc) is 2.61. The van der Waals surface area contributed by atoms with Crippen LogP contribution in [-0.4, -0.2) is 19.2 Å². The van der Waals surface area contributed by atoms with E-state index in [0.29, 0.717) is 6.61 Å². The molecule has 1 amide bonds. The minimum atomic E-state index is -0.279. The Bertz CT molecular complexity index is 269. The molecule has 0 rings (SSSR count). The number of amides is 1. The van der Waals surface area contributed by atoms with Gasteiger partial charge in [-0.25, -0.2) is 4.79 Å². The van der Waals surface area contributed by atoms with Crippen LogP contribution in [0.3, 0.4) is 0 Å². The van der Waals surface area contributed by atoms with Crippen molar-refractivity contribution in [3.63, 3.8) is 0 Å². The maximum Gasteiger partial charge on any atom is 0.407 e. The van der Waals surface area contributed by atoms with Gasteiger partial charge in [-0.2, -0.15) is 0 Å². The predicted molar refractivity (Wildman–Crippen MR) is 109 cm³/mol. The van der Waals surface area contributed by atoms with Gasteiger partial charge in [0.2, 0.25) is 0 Å². The molecule has 0 aromatic rings. The van der Waals surface area contributed by atoms with Crippen molar-refractivity contribution in [2.75, 3.05) is 13.2 Å². The first-order chi connectivity index (χ1) is 12.3. The van der Waals surface area contributed by atoms with E-state index < -0.39 is 0 Å². The molecule has 0 aromatic carbocycles. The third kappa shape index (κ3) is 21.2. The first kappa shape index (κ1) is 24.3. The highest BCUT2D eigenvalue weighted by Gasteiger charge is 1.98. The van der Waals surface area contributed by atoms with E-state index in [2.05, 4.69) is 12.2 Å². The average molecular weight is 356 g/mol. The Morgan fingerprint density at radius 1 is 0.600 bits per heavy atom. The van der Waals surface area contributed by atoms with Crippen molar-refractivity contribution >= 4 is 6.09 Å². The van der Waals surface area contributed by atoms with Gasteiger partial charge in [-0.05, 0) is 13.3 Å². The van der Waals surface area contributed by atoms with Gasteiger partial charge in [0.05, 0.1) is 6.61 Å². The Labute approximate surface area is 157 Å². The predicted octanol–water partition coefficient (Wildman–Crippen LogP) is 7.38. The highest BCUT2D eigenvalue weighted by Crippen LogP contribution is 2.13. The Hall–Kier alpha value is -0.730. The third-order valence-corrected chi connectivity index (χ3v) is 4.83. The summed E-state index contributed by atoms with van der Waals surface area (Å²) in [6.45, 7) is 5.31. The summed E-state index contributed by atoms with van der Waals surface area (Å²) in [5, 5.41) is 2.77. The number of hydrogen-bond donors (Lipinski definition) is 1. The van der Waals surface area contributed by atoms with Gasteiger partial charge in [-0.15, -0.1) is 0 Å². The molecule has 1 N–H and O–H groups in total. The quantitative estimate of drug-likeness (QED) is 0.245. The lowest BCUT2D eigenvalue weighted by atomic mass is 10.0. The van der Waals surface area contributed by atoms with Crippen molar-refractivity contribution in [2.24, 2.45) is 0 Å². The van der Waals surface area contributed by atoms with Crippen molar-refractivity contribution < 1.29 is 9.53 Å². The van der Waals surface area contributed by atoms with Crippen LogP contribution in [0.15, 0.2) is 0 Å². The summed E-state index contributed by atoms with van der Waals surface area (Å²) < 4.78 is 4.82. The Balaban J connectivity index is 3.02. The molecule has 25 heavy (non-hydrogen) atoms. The van der Waals surface area contributed by atoms with Crippen molar-refractivity contribution in [1.82, 2.24) is 5.32 Å². The zero-order valence-corrected chi connectivity index (χ0v) is 17.3. The summed E-state index contributed by atoms with van der Waals surface area (Å²) in [6.07, 6.45) is 23.2. The van der Waals surface area contributed by atoms with E-state index >= 15 is 0 Å². The number of hydrogen-bond acceptors (Lipinski definition) is 2. The summed E-state index contributed by atoms with van der Waals surface area (Å²) in [6, 6.07) is 0. The summed E-state index contributed by atoms with van der Waals surface area (Å²) in [4.78, 5) is 11.1. The standard InChI is InChI=1S/C22H45NO2/c1-3-5-6-7-8-9-10-11-12-13-14-15-16-17-18-19-20-21-23-22(24)25-4-2/h3-21H2,1-2H3,(H,23,24). The van der Waals surface area contributed by atoms with Crippen molar-refractivity contribution in [3.05, 3.63) is 0 Å². The lowest BCUT2D eigenvalue weighted by Gasteiger charge is -2.05. The Morgan fingerprint density at radius 3 is 1.32 bits per heavy atom. The lowest BCUT2D eigenvalue weighted by molar-refractivity contribution is 0.152. The second-order valence-electron chi connectivity index (χ2n) is 7.30. The highest BCUT2D eigenvalue weighted by atomic mass is 16.5. The molecule has 0 spiro atoms. The molecule has 0 fully saturated rings. The van der Waals surface area contributed by atoms with Gasteiger partial charge in [0.25, 0.3) is 0 Å². The second-order valence-corrected chi connectivity index (χ2v) is 7.30. The fraction of sp³-hybridized carbons (Fsp3) is 0.955. The van der Waals surface area contributed by atoms with Gasteiger partial charge in [-0.3, -0.25) is 0 Å². The number of carbonyl (C=O) groups is 1. The molecule has 3 nitrogen and oxygen atoms in total. The molecular weight excluding hydrogens is 310 g/mol. The van der Waals surface area contributed by atoms with E-state index in [1.165, 1.54) is 103 Å². The number of ether oxygens (including phenoxy) is 1. The zero-order chi connectivity index (χ0) is 18.4. The van der Waals surface area contributed by atoms with Gasteiger partial charge in [0, 0.05) is 6.54 Å². The van der Waals surface area contributed by atoms with Gasteiger partial charge >= 0.3 is 6.09 Å². The molecule has 0 aromatic heterocycles. The molecule has 0 atom stereocenters. The molecular formula is C22H45NO2. The van der Waals surface area contributed by atoms with E-state index in [1.54, 1.807) is 0 Å². The smallest absolute Gasteiger partial charge is 0.407 e. The molecule has 0 aliphatic heterocycles. The van der Waals surface area contributed by atoms with Gasteiger partial charge in [0.15, 0.2) is 0 Å². The first-order valence-electron chi connectivity index (χ1n) is 11.2. The van der Waals surface area contributed by atoms with Crippen LogP contribution in [0.2, 0.25) is 0 Å². The maximum absolute atomic E-state index is 11.1. The second kappa shape index (κ2) is 21.3. The molecule has 0 radical (unpaired) electrons. The van der Waals surface area contributed by atoms with E-state index in [-0.39, 0.29) is 6.09 Å². The first-order valence-corrected chi connectivity index (χ1v) is 11.2. The molecule has 0 saturated carbocycles. The van der Waals surface area contributed by atoms with Crippen LogP contribution in [0.1, 0.15) is 123 Å². The van der Waals surface area contributed by atoms with E-state index in [9.17, 15) is 4.79 Å². The molecule has 150 valence electrons. The Kier molecular flexibility index (Phi) is 20.7. The zero-order valence-electron chi connectivity index (χ0n) is 17.3.